The highest BCUT2D eigenvalue weighted by Crippen LogP contribution is 2.22. The average Bonchev–Trinajstić information content (AvgIpc) is 2.99. The number of hydrogen-bond acceptors (Lipinski definition) is 6. The van der Waals surface area contributed by atoms with Gasteiger partial charge in [0.05, 0.1) is 25.9 Å². The summed E-state index contributed by atoms with van der Waals surface area (Å²) in [7, 11) is -2.21. The number of aryl methyl sites for hydroxylation is 1. The predicted molar refractivity (Wildman–Crippen MR) is 95.9 cm³/mol. The minimum absolute atomic E-state index is 0.181. The highest BCUT2D eigenvalue weighted by Gasteiger charge is 2.47. The van der Waals surface area contributed by atoms with E-state index in [2.05, 4.69) is 10.6 Å². The molecule has 0 saturated carbocycles. The molecule has 1 unspecified atom stereocenters. The molecule has 0 aliphatic carbocycles. The fourth-order valence-electron chi connectivity index (χ4n) is 2.68. The van der Waals surface area contributed by atoms with E-state index in [1.807, 2.05) is 0 Å². The van der Waals surface area contributed by atoms with Crippen LogP contribution in [0.3, 0.4) is 0 Å². The molecule has 11 heteroatoms. The monoisotopic (exact) mass is 400 g/mol. The zero-order valence-corrected chi connectivity index (χ0v) is 16.6. The van der Waals surface area contributed by atoms with Crippen LogP contribution in [0.2, 0.25) is 0 Å². The maximum atomic E-state index is 12.6. The molecule has 0 radical (unpaired) electrons. The summed E-state index contributed by atoms with van der Waals surface area (Å²) in [5.74, 6) is -0.245. The quantitative estimate of drug-likeness (QED) is 0.618. The number of amides is 3. The summed E-state index contributed by atoms with van der Waals surface area (Å²) in [5, 5.41) is 5.06. The molecule has 1 aromatic rings. The van der Waals surface area contributed by atoms with E-state index < -0.39 is 33.3 Å². The summed E-state index contributed by atoms with van der Waals surface area (Å²) in [6.07, 6.45) is 0.980. The van der Waals surface area contributed by atoms with Crippen LogP contribution in [-0.4, -0.2) is 73.8 Å². The van der Waals surface area contributed by atoms with Crippen molar-refractivity contribution in [2.75, 3.05) is 32.9 Å². The first-order chi connectivity index (χ1) is 12.4. The van der Waals surface area contributed by atoms with Gasteiger partial charge in [0.2, 0.25) is 27.7 Å². The lowest BCUT2D eigenvalue weighted by Crippen LogP contribution is -2.68. The topological polar surface area (TPSA) is 129 Å². The Balaban J connectivity index is 1.96. The lowest BCUT2D eigenvalue weighted by Gasteiger charge is -2.44. The first kappa shape index (κ1) is 20.9. The summed E-state index contributed by atoms with van der Waals surface area (Å²) in [4.78, 5) is 37.9. The summed E-state index contributed by atoms with van der Waals surface area (Å²) < 4.78 is 29.9. The van der Waals surface area contributed by atoms with Crippen molar-refractivity contribution in [2.45, 2.75) is 25.9 Å². The van der Waals surface area contributed by atoms with E-state index in [1.165, 1.54) is 18.9 Å². The van der Waals surface area contributed by atoms with Crippen LogP contribution >= 0.6 is 0 Å². The van der Waals surface area contributed by atoms with E-state index in [1.54, 1.807) is 19.1 Å². The molecule has 1 saturated heterocycles. The smallest absolute Gasteiger partial charge is 0.247 e. The van der Waals surface area contributed by atoms with Gasteiger partial charge in [0, 0.05) is 13.6 Å². The Morgan fingerprint density at radius 1 is 1.30 bits per heavy atom. The van der Waals surface area contributed by atoms with Crippen LogP contribution < -0.4 is 10.6 Å². The summed E-state index contributed by atoms with van der Waals surface area (Å²) >= 11 is 0. The largest absolute Gasteiger partial charge is 0.465 e. The second-order valence-corrected chi connectivity index (χ2v) is 8.71. The first-order valence-electron chi connectivity index (χ1n) is 8.25. The molecule has 1 aromatic heterocycles. The number of carbonyl (C=O) groups is 3. The second kappa shape index (κ2) is 7.69. The fourth-order valence-corrected chi connectivity index (χ4v) is 3.51. The SMILES string of the molecule is Cc1ccc(CNC(=O)CNC(=O)C2(C)CN(S(C)(=O)=O)CC(=O)N2C)o1. The molecule has 0 spiro atoms. The standard InChI is InChI=1S/C16H24N4O6S/c1-11-5-6-12(26-11)7-17-13(21)8-18-15(23)16(2)10-20(27(4,24)25)9-14(22)19(16)3/h5-6H,7-10H2,1-4H3,(H,17,21)(H,18,23). The minimum Gasteiger partial charge on any atom is -0.465 e. The normalized spacial score (nSPS) is 21.2. The molecule has 1 aliphatic rings. The number of likely N-dealkylation sites (N-methyl/N-ethyl adjacent to an activating group) is 1. The molecule has 10 nitrogen and oxygen atoms in total. The Morgan fingerprint density at radius 2 is 1.96 bits per heavy atom. The average molecular weight is 400 g/mol. The Morgan fingerprint density at radius 3 is 2.52 bits per heavy atom. The van der Waals surface area contributed by atoms with E-state index >= 15 is 0 Å². The van der Waals surface area contributed by atoms with Crippen LogP contribution in [0.4, 0.5) is 0 Å². The molecule has 27 heavy (non-hydrogen) atoms. The molecule has 0 aromatic carbocycles. The Kier molecular flexibility index (Phi) is 5.95. The van der Waals surface area contributed by atoms with Gasteiger partial charge in [0.15, 0.2) is 0 Å². The summed E-state index contributed by atoms with van der Waals surface area (Å²) in [6, 6.07) is 3.51. The van der Waals surface area contributed by atoms with E-state index in [9.17, 15) is 22.8 Å². The number of furan rings is 1. The number of piperazine rings is 1. The van der Waals surface area contributed by atoms with Gasteiger partial charge in [-0.3, -0.25) is 14.4 Å². The van der Waals surface area contributed by atoms with Crippen LogP contribution in [0.1, 0.15) is 18.4 Å². The lowest BCUT2D eigenvalue weighted by atomic mass is 9.96. The van der Waals surface area contributed by atoms with Crippen molar-refractivity contribution in [1.82, 2.24) is 19.8 Å². The molecular formula is C16H24N4O6S. The van der Waals surface area contributed by atoms with Crippen LogP contribution in [-0.2, 0) is 31.0 Å². The van der Waals surface area contributed by atoms with E-state index in [0.717, 1.165) is 16.3 Å². The van der Waals surface area contributed by atoms with Gasteiger partial charge in [-0.15, -0.1) is 0 Å². The van der Waals surface area contributed by atoms with Gasteiger partial charge in [-0.05, 0) is 26.0 Å². The van der Waals surface area contributed by atoms with Crippen LogP contribution in [0.5, 0.6) is 0 Å². The summed E-state index contributed by atoms with van der Waals surface area (Å²) in [5.41, 5.74) is -1.42. The number of rotatable bonds is 6. The van der Waals surface area contributed by atoms with Crippen molar-refractivity contribution in [3.05, 3.63) is 23.7 Å². The van der Waals surface area contributed by atoms with Gasteiger partial charge in [-0.25, -0.2) is 8.42 Å². The number of nitrogens with zero attached hydrogens (tertiary/aromatic N) is 2. The van der Waals surface area contributed by atoms with Gasteiger partial charge in [-0.1, -0.05) is 0 Å². The van der Waals surface area contributed by atoms with E-state index in [0.29, 0.717) is 5.76 Å². The molecule has 1 aliphatic heterocycles. The van der Waals surface area contributed by atoms with Gasteiger partial charge in [0.25, 0.3) is 0 Å². The number of sulfonamides is 1. The van der Waals surface area contributed by atoms with Gasteiger partial charge in [0.1, 0.15) is 17.1 Å². The minimum atomic E-state index is -3.64. The maximum Gasteiger partial charge on any atom is 0.247 e. The predicted octanol–water partition coefficient (Wildman–Crippen LogP) is -1.19. The molecule has 2 heterocycles. The van der Waals surface area contributed by atoms with Crippen LogP contribution in [0, 0.1) is 6.92 Å². The van der Waals surface area contributed by atoms with Gasteiger partial charge >= 0.3 is 0 Å². The Bertz CT molecular complexity index is 849. The van der Waals surface area contributed by atoms with Crippen molar-refractivity contribution in [3.63, 3.8) is 0 Å². The molecular weight excluding hydrogens is 376 g/mol. The highest BCUT2D eigenvalue weighted by atomic mass is 32.2. The molecule has 1 atom stereocenters. The second-order valence-electron chi connectivity index (χ2n) is 6.73. The lowest BCUT2D eigenvalue weighted by molar-refractivity contribution is -0.150. The maximum absolute atomic E-state index is 12.6. The van der Waals surface area contributed by atoms with Gasteiger partial charge in [-0.2, -0.15) is 4.31 Å². The van der Waals surface area contributed by atoms with Crippen molar-refractivity contribution >= 4 is 27.7 Å². The number of nitrogens with one attached hydrogen (secondary N) is 2. The molecule has 0 bridgehead atoms. The third-order valence-corrected chi connectivity index (χ3v) is 5.73. The number of carbonyl (C=O) groups excluding carboxylic acids is 3. The fraction of sp³-hybridized carbons (Fsp3) is 0.562. The molecule has 2 N–H and O–H groups in total. The van der Waals surface area contributed by atoms with Crippen molar-refractivity contribution in [1.29, 1.82) is 0 Å². The Labute approximate surface area is 157 Å². The molecule has 2 rings (SSSR count). The highest BCUT2D eigenvalue weighted by molar-refractivity contribution is 7.88. The zero-order valence-electron chi connectivity index (χ0n) is 15.7. The van der Waals surface area contributed by atoms with Crippen molar-refractivity contribution in [2.24, 2.45) is 0 Å². The molecule has 150 valence electrons. The molecule has 3 amide bonds. The molecule has 1 fully saturated rings. The Hall–Kier alpha value is -2.40. The zero-order chi connectivity index (χ0) is 20.4. The van der Waals surface area contributed by atoms with Crippen molar-refractivity contribution < 1.29 is 27.2 Å². The number of hydrogen-bond donors (Lipinski definition) is 2. The third kappa shape index (κ3) is 4.86. The van der Waals surface area contributed by atoms with Crippen LogP contribution in [0.15, 0.2) is 16.5 Å². The van der Waals surface area contributed by atoms with Crippen molar-refractivity contribution in [3.8, 4) is 0 Å². The third-order valence-electron chi connectivity index (χ3n) is 4.53. The van der Waals surface area contributed by atoms with Crippen LogP contribution in [0.25, 0.3) is 0 Å². The summed E-state index contributed by atoms with van der Waals surface area (Å²) in [6.45, 7) is 2.61. The van der Waals surface area contributed by atoms with E-state index in [4.69, 9.17) is 4.42 Å². The van der Waals surface area contributed by atoms with E-state index in [-0.39, 0.29) is 26.2 Å². The van der Waals surface area contributed by atoms with Gasteiger partial charge < -0.3 is 20.0 Å². The first-order valence-corrected chi connectivity index (χ1v) is 10.1.